The molecule has 0 saturated heterocycles. The molecule has 2 heterocycles. The third kappa shape index (κ3) is 3.79. The summed E-state index contributed by atoms with van der Waals surface area (Å²) in [5.41, 5.74) is 16.9. The molecule has 2 aliphatic carbocycles. The van der Waals surface area contributed by atoms with E-state index < -0.39 is 0 Å². The maximum Gasteiger partial charge on any atom is 0.115 e. The third-order valence-electron chi connectivity index (χ3n) is 9.21. The molecule has 2 aromatic heterocycles. The summed E-state index contributed by atoms with van der Waals surface area (Å²) in [5, 5.41) is 0. The fourth-order valence-electron chi connectivity index (χ4n) is 7.37. The van der Waals surface area contributed by atoms with Crippen LogP contribution < -0.4 is 0 Å². The molecule has 9 rings (SSSR count). The number of rotatable bonds is 4. The summed E-state index contributed by atoms with van der Waals surface area (Å²) < 4.78 is 0. The van der Waals surface area contributed by atoms with E-state index in [0.29, 0.717) is 0 Å². The van der Waals surface area contributed by atoms with Gasteiger partial charge in [0.2, 0.25) is 0 Å². The predicted molar refractivity (Wildman–Crippen MR) is 176 cm³/mol. The molecule has 0 fully saturated rings. The number of hydrogen-bond acceptors (Lipinski definition) is 3. The maximum atomic E-state index is 5.46. The zero-order chi connectivity index (χ0) is 29.0. The van der Waals surface area contributed by atoms with Crippen molar-refractivity contribution in [1.82, 2.24) is 15.0 Å². The Hall–Kier alpha value is -5.67. The van der Waals surface area contributed by atoms with E-state index in [2.05, 4.69) is 145 Å². The molecule has 5 aromatic carbocycles. The van der Waals surface area contributed by atoms with Gasteiger partial charge in [-0.05, 0) is 73.8 Å². The molecule has 0 bridgehead atoms. The molecule has 0 amide bonds. The zero-order valence-corrected chi connectivity index (χ0v) is 23.9. The minimum absolute atomic E-state index is 0.0156. The van der Waals surface area contributed by atoms with Gasteiger partial charge in [0.15, 0.2) is 0 Å². The zero-order valence-electron chi connectivity index (χ0n) is 23.9. The summed E-state index contributed by atoms with van der Waals surface area (Å²) >= 11 is 0. The highest BCUT2D eigenvalue weighted by Gasteiger charge is 2.41. The lowest BCUT2D eigenvalue weighted by atomic mass is 9.82. The van der Waals surface area contributed by atoms with Gasteiger partial charge in [-0.15, -0.1) is 0 Å². The average molecular weight is 562 g/mol. The summed E-state index contributed by atoms with van der Waals surface area (Å²) in [7, 11) is 0. The molecule has 3 heteroatoms. The Morgan fingerprint density at radius 3 is 1.61 bits per heavy atom. The lowest BCUT2D eigenvalue weighted by Crippen LogP contribution is -2.10. The molecule has 0 radical (unpaired) electrons. The van der Waals surface area contributed by atoms with E-state index in [-0.39, 0.29) is 11.8 Å². The molecule has 2 unspecified atom stereocenters. The number of benzene rings is 5. The first-order chi connectivity index (χ1) is 21.8. The Bertz CT molecular complexity index is 2110. The Morgan fingerprint density at radius 1 is 0.432 bits per heavy atom. The number of fused-ring (bicyclic) bond motifs is 7. The molecule has 2 atom stereocenters. The van der Waals surface area contributed by atoms with E-state index in [4.69, 9.17) is 9.97 Å². The molecular weight excluding hydrogens is 534 g/mol. The van der Waals surface area contributed by atoms with Gasteiger partial charge in [0, 0.05) is 11.8 Å². The van der Waals surface area contributed by atoms with Gasteiger partial charge in [0.25, 0.3) is 0 Å². The average Bonchev–Trinajstić information content (AvgIpc) is 3.62. The first kappa shape index (κ1) is 24.9. The number of pyridine rings is 1. The Labute approximate surface area is 256 Å². The molecule has 7 aromatic rings. The van der Waals surface area contributed by atoms with Crippen molar-refractivity contribution >= 4 is 0 Å². The second kappa shape index (κ2) is 9.96. The fraction of sp³-hybridized carbons (Fsp3) is 0.0488. The van der Waals surface area contributed by atoms with Crippen LogP contribution in [0.25, 0.3) is 44.6 Å². The van der Waals surface area contributed by atoms with Crippen LogP contribution in [0.3, 0.4) is 0 Å². The molecule has 0 spiro atoms. The van der Waals surface area contributed by atoms with Crippen LogP contribution in [0.5, 0.6) is 0 Å². The number of hydrogen-bond donors (Lipinski definition) is 0. The van der Waals surface area contributed by atoms with Crippen molar-refractivity contribution in [2.24, 2.45) is 0 Å². The van der Waals surface area contributed by atoms with Crippen molar-refractivity contribution in [2.75, 3.05) is 0 Å². The summed E-state index contributed by atoms with van der Waals surface area (Å²) in [4.78, 5) is 14.5. The fourth-order valence-corrected chi connectivity index (χ4v) is 7.37. The first-order valence-electron chi connectivity index (χ1n) is 15.1. The van der Waals surface area contributed by atoms with Crippen LogP contribution in [0.1, 0.15) is 45.5 Å². The Balaban J connectivity index is 1.35. The maximum absolute atomic E-state index is 5.46. The highest BCUT2D eigenvalue weighted by molar-refractivity contribution is 5.91. The minimum atomic E-state index is -0.0269. The van der Waals surface area contributed by atoms with Crippen LogP contribution in [0.4, 0.5) is 0 Å². The minimum Gasteiger partial charge on any atom is -0.252 e. The predicted octanol–water partition coefficient (Wildman–Crippen LogP) is 9.53. The molecule has 2 aliphatic rings. The smallest absolute Gasteiger partial charge is 0.115 e. The monoisotopic (exact) mass is 561 g/mol. The van der Waals surface area contributed by atoms with Gasteiger partial charge in [0.05, 0.1) is 28.9 Å². The Kier molecular flexibility index (Phi) is 5.63. The quantitative estimate of drug-likeness (QED) is 0.215. The van der Waals surface area contributed by atoms with E-state index in [0.717, 1.165) is 22.6 Å². The highest BCUT2D eigenvalue weighted by Crippen LogP contribution is 2.57. The van der Waals surface area contributed by atoms with Crippen molar-refractivity contribution < 1.29 is 0 Å². The van der Waals surface area contributed by atoms with Gasteiger partial charge in [-0.25, -0.2) is 9.97 Å². The molecule has 3 nitrogen and oxygen atoms in total. The second-order valence-corrected chi connectivity index (χ2v) is 11.6. The van der Waals surface area contributed by atoms with E-state index in [9.17, 15) is 0 Å². The van der Waals surface area contributed by atoms with Gasteiger partial charge in [0.1, 0.15) is 6.33 Å². The normalized spacial score (nSPS) is 15.7. The Morgan fingerprint density at radius 2 is 1.00 bits per heavy atom. The van der Waals surface area contributed by atoms with Crippen molar-refractivity contribution in [2.45, 2.75) is 11.8 Å². The summed E-state index contributed by atoms with van der Waals surface area (Å²) in [6, 6.07) is 50.1. The molecule has 0 aliphatic heterocycles. The van der Waals surface area contributed by atoms with Crippen molar-refractivity contribution in [1.29, 1.82) is 0 Å². The van der Waals surface area contributed by atoms with Crippen LogP contribution in [-0.4, -0.2) is 15.0 Å². The van der Waals surface area contributed by atoms with Gasteiger partial charge < -0.3 is 0 Å². The van der Waals surface area contributed by atoms with Gasteiger partial charge in [-0.1, -0.05) is 121 Å². The van der Waals surface area contributed by atoms with Gasteiger partial charge >= 0.3 is 0 Å². The first-order valence-corrected chi connectivity index (χ1v) is 15.1. The van der Waals surface area contributed by atoms with Gasteiger partial charge in [-0.2, -0.15) is 0 Å². The summed E-state index contributed by atoms with van der Waals surface area (Å²) in [6.45, 7) is 0. The molecular formula is C41H27N3. The van der Waals surface area contributed by atoms with Crippen molar-refractivity contribution in [3.63, 3.8) is 0 Å². The highest BCUT2D eigenvalue weighted by atomic mass is 14.8. The summed E-state index contributed by atoms with van der Waals surface area (Å²) in [6.07, 6.45) is 3.53. The van der Waals surface area contributed by atoms with Gasteiger partial charge in [-0.3, -0.25) is 4.98 Å². The lowest BCUT2D eigenvalue weighted by molar-refractivity contribution is 0.878. The number of aromatic nitrogens is 3. The van der Waals surface area contributed by atoms with Crippen LogP contribution in [0, 0.1) is 0 Å². The molecule has 0 N–H and O–H groups in total. The molecule has 44 heavy (non-hydrogen) atoms. The largest absolute Gasteiger partial charge is 0.252 e. The van der Waals surface area contributed by atoms with E-state index >= 15 is 0 Å². The third-order valence-corrected chi connectivity index (χ3v) is 9.21. The van der Waals surface area contributed by atoms with Crippen LogP contribution >= 0.6 is 0 Å². The van der Waals surface area contributed by atoms with E-state index in [1.54, 1.807) is 6.33 Å². The van der Waals surface area contributed by atoms with Crippen LogP contribution in [0.2, 0.25) is 0 Å². The van der Waals surface area contributed by atoms with E-state index in [1.165, 1.54) is 55.6 Å². The standard InChI is InChI=1S/C41H27N3/c1-3-11-26(12-4-1)28-23-36(27-13-5-2-6-14-27)44-37(24-28)39-32-18-10-8-16-30(32)34-20-19-33-29-15-7-9-17-31(29)38(40(33)41(34)39)35-21-22-42-25-43-35/h1-25,38-39H. The topological polar surface area (TPSA) is 38.7 Å². The van der Waals surface area contributed by atoms with Crippen molar-refractivity contribution in [3.05, 3.63) is 186 Å². The second-order valence-electron chi connectivity index (χ2n) is 11.6. The van der Waals surface area contributed by atoms with Crippen molar-refractivity contribution in [3.8, 4) is 44.6 Å². The molecule has 206 valence electrons. The molecule has 0 saturated carbocycles. The van der Waals surface area contributed by atoms with Crippen LogP contribution in [-0.2, 0) is 0 Å². The van der Waals surface area contributed by atoms with E-state index in [1.807, 2.05) is 6.20 Å². The van der Waals surface area contributed by atoms with Crippen LogP contribution in [0.15, 0.2) is 152 Å². The SMILES string of the molecule is c1ccc(-c2cc(-c3ccccc3)nc(C3c4ccccc4-c4ccc5c(c43)C(c3ccncn3)c3ccccc3-5)c2)cc1. The summed E-state index contributed by atoms with van der Waals surface area (Å²) in [5.74, 6) is -0.0113. The lowest BCUT2D eigenvalue weighted by Gasteiger charge is -2.22. The number of nitrogens with zero attached hydrogens (tertiary/aromatic N) is 3.